The molecule has 2 nitrogen and oxygen atoms in total. The van der Waals surface area contributed by atoms with E-state index >= 15 is 0 Å². The Morgan fingerprint density at radius 1 is 1.60 bits per heavy atom. The summed E-state index contributed by atoms with van der Waals surface area (Å²) < 4.78 is 1.18. The molecule has 1 fully saturated rings. The van der Waals surface area contributed by atoms with Crippen LogP contribution in [-0.2, 0) is 6.54 Å². The van der Waals surface area contributed by atoms with E-state index in [2.05, 4.69) is 33.0 Å². The van der Waals surface area contributed by atoms with Gasteiger partial charge in [-0.2, -0.15) is 0 Å². The molecule has 4 heteroatoms. The molecule has 1 aliphatic rings. The average Bonchev–Trinajstić information content (AvgIpc) is 2.49. The first-order valence-corrected chi connectivity index (χ1v) is 6.85. The molecule has 0 saturated carbocycles. The van der Waals surface area contributed by atoms with Crippen LogP contribution in [0.15, 0.2) is 15.9 Å². The van der Waals surface area contributed by atoms with Gasteiger partial charge >= 0.3 is 0 Å². The van der Waals surface area contributed by atoms with Crippen molar-refractivity contribution in [2.75, 3.05) is 13.1 Å². The highest BCUT2D eigenvalue weighted by Crippen LogP contribution is 2.26. The Balaban J connectivity index is 1.95. The van der Waals surface area contributed by atoms with Crippen molar-refractivity contribution in [3.63, 3.8) is 0 Å². The van der Waals surface area contributed by atoms with E-state index in [1.165, 1.54) is 8.66 Å². The summed E-state index contributed by atoms with van der Waals surface area (Å²) in [6.45, 7) is 4.80. The molecule has 0 spiro atoms. The molecular weight excluding hydrogens is 274 g/mol. The van der Waals surface area contributed by atoms with Crippen LogP contribution >= 0.6 is 27.3 Å². The maximum atomic E-state index is 9.98. The first-order chi connectivity index (χ1) is 7.05. The molecule has 1 aliphatic heterocycles. The zero-order chi connectivity index (χ0) is 10.9. The van der Waals surface area contributed by atoms with Crippen LogP contribution in [-0.4, -0.2) is 28.7 Å². The average molecular weight is 290 g/mol. The van der Waals surface area contributed by atoms with Gasteiger partial charge in [-0.3, -0.25) is 4.90 Å². The molecule has 0 radical (unpaired) electrons. The van der Waals surface area contributed by atoms with Crippen LogP contribution in [0.3, 0.4) is 0 Å². The summed E-state index contributed by atoms with van der Waals surface area (Å²) in [5.74, 6) is 0. The lowest BCUT2D eigenvalue weighted by atomic mass is 9.95. The molecule has 1 aromatic heterocycles. The van der Waals surface area contributed by atoms with Gasteiger partial charge < -0.3 is 5.11 Å². The van der Waals surface area contributed by atoms with Crippen molar-refractivity contribution in [2.45, 2.75) is 31.9 Å². The predicted molar refractivity (Wildman–Crippen MR) is 67.2 cm³/mol. The van der Waals surface area contributed by atoms with Gasteiger partial charge in [-0.05, 0) is 54.4 Å². The fourth-order valence-corrected chi connectivity index (χ4v) is 3.64. The summed E-state index contributed by atoms with van der Waals surface area (Å²) in [5, 5.41) is 9.98. The summed E-state index contributed by atoms with van der Waals surface area (Å²) in [7, 11) is 0. The number of hydrogen-bond acceptors (Lipinski definition) is 3. The van der Waals surface area contributed by atoms with Gasteiger partial charge in [0.25, 0.3) is 0 Å². The van der Waals surface area contributed by atoms with Gasteiger partial charge in [0.1, 0.15) is 0 Å². The van der Waals surface area contributed by atoms with E-state index < -0.39 is 5.60 Å². The lowest BCUT2D eigenvalue weighted by Crippen LogP contribution is -2.45. The van der Waals surface area contributed by atoms with Gasteiger partial charge in [0.2, 0.25) is 0 Å². The summed E-state index contributed by atoms with van der Waals surface area (Å²) >= 11 is 5.24. The standard InChI is InChI=1S/C11H16BrNOS/c1-11(14)5-2-6-13(8-11)7-9-3-4-10(12)15-9/h3-4,14H,2,5-8H2,1H3. The fraction of sp³-hybridized carbons (Fsp3) is 0.636. The maximum absolute atomic E-state index is 9.98. The fourth-order valence-electron chi connectivity index (χ4n) is 2.12. The van der Waals surface area contributed by atoms with Gasteiger partial charge in [-0.25, -0.2) is 0 Å². The van der Waals surface area contributed by atoms with E-state index in [0.29, 0.717) is 0 Å². The van der Waals surface area contributed by atoms with Gasteiger partial charge in [-0.15, -0.1) is 11.3 Å². The second-order valence-corrected chi connectivity index (χ2v) is 7.06. The highest BCUT2D eigenvalue weighted by Gasteiger charge is 2.28. The molecular formula is C11H16BrNOS. The second-order valence-electron chi connectivity index (χ2n) is 4.52. The third-order valence-corrected chi connectivity index (χ3v) is 4.37. The molecule has 1 saturated heterocycles. The highest BCUT2D eigenvalue weighted by molar-refractivity contribution is 9.11. The third kappa shape index (κ3) is 3.28. The number of nitrogens with zero attached hydrogens (tertiary/aromatic N) is 1. The summed E-state index contributed by atoms with van der Waals surface area (Å²) in [5.41, 5.74) is -0.493. The van der Waals surface area contributed by atoms with Crippen molar-refractivity contribution in [1.29, 1.82) is 0 Å². The number of thiophene rings is 1. The number of β-amino-alcohol motifs (C(OH)–C–C–N with tert-alkyl or cyclic N) is 1. The van der Waals surface area contributed by atoms with Crippen LogP contribution in [0.25, 0.3) is 0 Å². The minimum absolute atomic E-state index is 0.493. The number of rotatable bonds is 2. The van der Waals surface area contributed by atoms with Crippen LogP contribution < -0.4 is 0 Å². The third-order valence-electron chi connectivity index (χ3n) is 2.76. The molecule has 1 unspecified atom stereocenters. The van der Waals surface area contributed by atoms with E-state index in [4.69, 9.17) is 0 Å². The molecule has 84 valence electrons. The van der Waals surface area contributed by atoms with E-state index in [1.54, 1.807) is 11.3 Å². The van der Waals surface area contributed by atoms with Crippen LogP contribution in [0, 0.1) is 0 Å². The van der Waals surface area contributed by atoms with Crippen LogP contribution in [0.4, 0.5) is 0 Å². The second kappa shape index (κ2) is 4.53. The first kappa shape index (κ1) is 11.6. The largest absolute Gasteiger partial charge is 0.389 e. The molecule has 0 bridgehead atoms. The first-order valence-electron chi connectivity index (χ1n) is 5.24. The lowest BCUT2D eigenvalue weighted by Gasteiger charge is -2.36. The van der Waals surface area contributed by atoms with Gasteiger partial charge in [0.05, 0.1) is 9.39 Å². The molecule has 2 heterocycles. The van der Waals surface area contributed by atoms with E-state index in [1.807, 2.05) is 6.92 Å². The Morgan fingerprint density at radius 3 is 3.00 bits per heavy atom. The Bertz CT molecular complexity index is 337. The summed E-state index contributed by atoms with van der Waals surface area (Å²) in [6.07, 6.45) is 2.02. The Morgan fingerprint density at radius 2 is 2.40 bits per heavy atom. The smallest absolute Gasteiger partial charge is 0.0746 e. The van der Waals surface area contributed by atoms with Gasteiger partial charge in [0, 0.05) is 18.0 Å². The number of aliphatic hydroxyl groups is 1. The Kier molecular flexibility index (Phi) is 3.50. The topological polar surface area (TPSA) is 23.5 Å². The van der Waals surface area contributed by atoms with Crippen LogP contribution in [0.5, 0.6) is 0 Å². The van der Waals surface area contributed by atoms with Crippen LogP contribution in [0.2, 0.25) is 0 Å². The zero-order valence-electron chi connectivity index (χ0n) is 8.87. The monoisotopic (exact) mass is 289 g/mol. The van der Waals surface area contributed by atoms with Crippen molar-refractivity contribution in [2.24, 2.45) is 0 Å². The zero-order valence-corrected chi connectivity index (χ0v) is 11.3. The summed E-state index contributed by atoms with van der Waals surface area (Å²) in [4.78, 5) is 3.70. The van der Waals surface area contributed by atoms with E-state index in [9.17, 15) is 5.11 Å². The van der Waals surface area contributed by atoms with E-state index in [0.717, 1.165) is 32.5 Å². The molecule has 0 aromatic carbocycles. The van der Waals surface area contributed by atoms with Gasteiger partial charge in [0.15, 0.2) is 0 Å². The van der Waals surface area contributed by atoms with Crippen molar-refractivity contribution in [3.8, 4) is 0 Å². The van der Waals surface area contributed by atoms with Crippen molar-refractivity contribution >= 4 is 27.3 Å². The lowest BCUT2D eigenvalue weighted by molar-refractivity contribution is -0.0178. The molecule has 15 heavy (non-hydrogen) atoms. The Hall–Kier alpha value is 0.1000. The maximum Gasteiger partial charge on any atom is 0.0746 e. The number of likely N-dealkylation sites (tertiary alicyclic amines) is 1. The van der Waals surface area contributed by atoms with Gasteiger partial charge in [-0.1, -0.05) is 0 Å². The molecule has 1 atom stereocenters. The quantitative estimate of drug-likeness (QED) is 0.905. The Labute approximate surface area is 103 Å². The van der Waals surface area contributed by atoms with Crippen molar-refractivity contribution in [1.82, 2.24) is 4.90 Å². The minimum atomic E-state index is -0.493. The normalized spacial score (nSPS) is 28.2. The van der Waals surface area contributed by atoms with Crippen molar-refractivity contribution < 1.29 is 5.11 Å². The molecule has 0 aliphatic carbocycles. The highest BCUT2D eigenvalue weighted by atomic mass is 79.9. The predicted octanol–water partition coefficient (Wildman–Crippen LogP) is 2.86. The molecule has 1 aromatic rings. The molecule has 0 amide bonds. The van der Waals surface area contributed by atoms with E-state index in [-0.39, 0.29) is 0 Å². The number of hydrogen-bond donors (Lipinski definition) is 1. The molecule has 2 rings (SSSR count). The number of halogens is 1. The number of piperidine rings is 1. The van der Waals surface area contributed by atoms with Crippen LogP contribution in [0.1, 0.15) is 24.6 Å². The minimum Gasteiger partial charge on any atom is -0.389 e. The SMILES string of the molecule is CC1(O)CCCN(Cc2ccc(Br)s2)C1. The summed E-state index contributed by atoms with van der Waals surface area (Å²) in [6, 6.07) is 4.24. The van der Waals surface area contributed by atoms with Crippen molar-refractivity contribution in [3.05, 3.63) is 20.8 Å². The molecule has 1 N–H and O–H groups in total.